The molecule has 2 aromatic carbocycles. The molecule has 1 fully saturated rings. The van der Waals surface area contributed by atoms with Crippen molar-refractivity contribution in [2.75, 3.05) is 13.2 Å². The maximum Gasteiger partial charge on any atom is 0.295 e. The Morgan fingerprint density at radius 1 is 1.03 bits per heavy atom. The molecular weight excluding hydrogens is 468 g/mol. The summed E-state index contributed by atoms with van der Waals surface area (Å²) in [6.07, 6.45) is 4.15. The lowest BCUT2D eigenvalue weighted by Gasteiger charge is -2.26. The maximum atomic E-state index is 13.4. The van der Waals surface area contributed by atoms with Crippen LogP contribution < -0.4 is 9.47 Å². The Balaban J connectivity index is 1.81. The number of amides is 1. The summed E-state index contributed by atoms with van der Waals surface area (Å²) in [5.74, 6) is -0.110. The van der Waals surface area contributed by atoms with E-state index in [9.17, 15) is 14.7 Å². The lowest BCUT2D eigenvalue weighted by molar-refractivity contribution is -0.140. The summed E-state index contributed by atoms with van der Waals surface area (Å²) in [7, 11) is 0. The van der Waals surface area contributed by atoms with Crippen molar-refractivity contribution in [2.24, 2.45) is 5.92 Å². The van der Waals surface area contributed by atoms with Crippen LogP contribution in [0.4, 0.5) is 0 Å². The molecule has 2 heterocycles. The molecule has 0 spiro atoms. The van der Waals surface area contributed by atoms with E-state index in [0.29, 0.717) is 41.8 Å². The predicted molar refractivity (Wildman–Crippen MR) is 141 cm³/mol. The van der Waals surface area contributed by atoms with E-state index in [1.807, 2.05) is 37.3 Å². The second-order valence-corrected chi connectivity index (χ2v) is 9.44. The van der Waals surface area contributed by atoms with E-state index in [2.05, 4.69) is 18.8 Å². The Bertz CT molecular complexity index is 1290. The molecule has 1 N–H and O–H groups in total. The molecule has 192 valence electrons. The number of hydrogen-bond donors (Lipinski definition) is 1. The number of carbonyl (C=O) groups is 2. The Morgan fingerprint density at radius 2 is 1.78 bits per heavy atom. The highest BCUT2D eigenvalue weighted by molar-refractivity contribution is 6.46. The first-order chi connectivity index (χ1) is 17.9. The van der Waals surface area contributed by atoms with Gasteiger partial charge < -0.3 is 19.5 Å². The Kier molecular flexibility index (Phi) is 8.23. The number of carbonyl (C=O) groups excluding carboxylic acids is 2. The van der Waals surface area contributed by atoms with E-state index in [4.69, 9.17) is 9.47 Å². The molecule has 0 radical (unpaired) electrons. The molecule has 1 amide bonds. The summed E-state index contributed by atoms with van der Waals surface area (Å²) in [5, 5.41) is 11.4. The van der Waals surface area contributed by atoms with Crippen molar-refractivity contribution in [1.29, 1.82) is 0 Å². The number of aliphatic hydroxyl groups excluding tert-OH is 1. The van der Waals surface area contributed by atoms with E-state index in [1.54, 1.807) is 42.7 Å². The number of benzene rings is 2. The number of ketones is 1. The zero-order valence-corrected chi connectivity index (χ0v) is 21.4. The fourth-order valence-corrected chi connectivity index (χ4v) is 4.22. The van der Waals surface area contributed by atoms with Crippen LogP contribution in [0.2, 0.25) is 0 Å². The Hall–Kier alpha value is -4.13. The molecule has 1 unspecified atom stereocenters. The molecule has 0 bridgehead atoms. The van der Waals surface area contributed by atoms with E-state index in [0.717, 1.165) is 12.0 Å². The van der Waals surface area contributed by atoms with E-state index < -0.39 is 17.7 Å². The first-order valence-electron chi connectivity index (χ1n) is 12.5. The third-order valence-corrected chi connectivity index (χ3v) is 5.95. The maximum absolute atomic E-state index is 13.4. The SMILES string of the molecule is CCCOc1cccc(/C(O)=C2/C(=O)C(=O)N(Cc3cccnc3)C2c2cccc(OCC(C)C)c2)c1. The predicted octanol–water partition coefficient (Wildman–Crippen LogP) is 5.53. The van der Waals surface area contributed by atoms with Gasteiger partial charge in [-0.15, -0.1) is 0 Å². The van der Waals surface area contributed by atoms with Gasteiger partial charge in [0, 0.05) is 24.5 Å². The smallest absolute Gasteiger partial charge is 0.295 e. The number of nitrogens with zero attached hydrogens (tertiary/aromatic N) is 2. The highest BCUT2D eigenvalue weighted by Crippen LogP contribution is 2.41. The molecular formula is C30H32N2O5. The van der Waals surface area contributed by atoms with Gasteiger partial charge in [0.25, 0.3) is 11.7 Å². The topological polar surface area (TPSA) is 89.0 Å². The van der Waals surface area contributed by atoms with Crippen LogP contribution in [-0.4, -0.2) is 39.9 Å². The van der Waals surface area contributed by atoms with Crippen molar-refractivity contribution >= 4 is 17.4 Å². The zero-order chi connectivity index (χ0) is 26.4. The molecule has 1 atom stereocenters. The lowest BCUT2D eigenvalue weighted by atomic mass is 9.95. The minimum Gasteiger partial charge on any atom is -0.507 e. The Labute approximate surface area is 217 Å². The standard InChI is InChI=1S/C30H32N2O5/c1-4-14-36-24-11-6-10-23(16-24)28(33)26-27(22-9-5-12-25(15-22)37-19-20(2)3)32(30(35)29(26)34)18-21-8-7-13-31-17-21/h5-13,15-17,20,27,33H,4,14,18-19H2,1-3H3/b28-26-. The molecule has 1 aliphatic heterocycles. The van der Waals surface area contributed by atoms with Gasteiger partial charge in [0.05, 0.1) is 24.8 Å². The van der Waals surface area contributed by atoms with Gasteiger partial charge in [-0.05, 0) is 53.8 Å². The van der Waals surface area contributed by atoms with Crippen LogP contribution in [0.5, 0.6) is 11.5 Å². The van der Waals surface area contributed by atoms with Crippen molar-refractivity contribution in [1.82, 2.24) is 9.88 Å². The van der Waals surface area contributed by atoms with Gasteiger partial charge in [-0.1, -0.05) is 51.1 Å². The van der Waals surface area contributed by atoms with Crippen LogP contribution in [0.3, 0.4) is 0 Å². The largest absolute Gasteiger partial charge is 0.507 e. The van der Waals surface area contributed by atoms with Crippen molar-refractivity contribution < 1.29 is 24.2 Å². The number of aromatic nitrogens is 1. The molecule has 7 heteroatoms. The third-order valence-electron chi connectivity index (χ3n) is 5.95. The van der Waals surface area contributed by atoms with Crippen LogP contribution in [-0.2, 0) is 16.1 Å². The second-order valence-electron chi connectivity index (χ2n) is 9.44. The van der Waals surface area contributed by atoms with Gasteiger partial charge in [-0.25, -0.2) is 0 Å². The fraction of sp³-hybridized carbons (Fsp3) is 0.300. The van der Waals surface area contributed by atoms with Crippen molar-refractivity contribution in [3.8, 4) is 11.5 Å². The molecule has 0 aliphatic carbocycles. The third kappa shape index (κ3) is 6.00. The first-order valence-corrected chi connectivity index (χ1v) is 12.5. The lowest BCUT2D eigenvalue weighted by Crippen LogP contribution is -2.29. The molecule has 3 aromatic rings. The summed E-state index contributed by atoms with van der Waals surface area (Å²) in [6, 6.07) is 17.1. The summed E-state index contributed by atoms with van der Waals surface area (Å²) >= 11 is 0. The number of pyridine rings is 1. The van der Waals surface area contributed by atoms with Crippen molar-refractivity contribution in [3.63, 3.8) is 0 Å². The van der Waals surface area contributed by atoms with Crippen molar-refractivity contribution in [3.05, 3.63) is 95.3 Å². The minimum absolute atomic E-state index is 0.0301. The van der Waals surface area contributed by atoms with Crippen LogP contribution in [0.1, 0.15) is 49.9 Å². The fourth-order valence-electron chi connectivity index (χ4n) is 4.22. The van der Waals surface area contributed by atoms with E-state index in [1.165, 1.54) is 4.90 Å². The molecule has 1 aromatic heterocycles. The van der Waals surface area contributed by atoms with E-state index in [-0.39, 0.29) is 17.9 Å². The van der Waals surface area contributed by atoms with Gasteiger partial charge in [0.1, 0.15) is 17.3 Å². The highest BCUT2D eigenvalue weighted by Gasteiger charge is 2.46. The summed E-state index contributed by atoms with van der Waals surface area (Å²) in [6.45, 7) is 7.35. The average Bonchev–Trinajstić information content (AvgIpc) is 3.16. The Morgan fingerprint density at radius 3 is 2.49 bits per heavy atom. The summed E-state index contributed by atoms with van der Waals surface area (Å²) < 4.78 is 11.6. The van der Waals surface area contributed by atoms with Gasteiger partial charge in [-0.3, -0.25) is 14.6 Å². The van der Waals surface area contributed by atoms with Gasteiger partial charge in [0.2, 0.25) is 0 Å². The van der Waals surface area contributed by atoms with Crippen LogP contribution in [0.25, 0.3) is 5.76 Å². The van der Waals surface area contributed by atoms with Gasteiger partial charge in [0.15, 0.2) is 0 Å². The molecule has 7 nitrogen and oxygen atoms in total. The second kappa shape index (κ2) is 11.7. The highest BCUT2D eigenvalue weighted by atomic mass is 16.5. The van der Waals surface area contributed by atoms with Crippen molar-refractivity contribution in [2.45, 2.75) is 39.8 Å². The number of Topliss-reactive ketones (excluding diaryl/α,β-unsaturated/α-hetero) is 1. The van der Waals surface area contributed by atoms with Gasteiger partial charge >= 0.3 is 0 Å². The monoisotopic (exact) mass is 500 g/mol. The number of rotatable bonds is 10. The van der Waals surface area contributed by atoms with E-state index >= 15 is 0 Å². The van der Waals surface area contributed by atoms with Crippen LogP contribution in [0.15, 0.2) is 78.6 Å². The molecule has 1 saturated heterocycles. The number of likely N-dealkylation sites (tertiary alicyclic amines) is 1. The molecule has 1 aliphatic rings. The average molecular weight is 501 g/mol. The minimum atomic E-state index is -0.803. The van der Waals surface area contributed by atoms with Crippen LogP contribution in [0, 0.1) is 5.92 Å². The first kappa shape index (κ1) is 25.9. The number of hydrogen-bond acceptors (Lipinski definition) is 6. The number of ether oxygens (including phenoxy) is 2. The van der Waals surface area contributed by atoms with Crippen LogP contribution >= 0.6 is 0 Å². The quantitative estimate of drug-likeness (QED) is 0.224. The molecule has 0 saturated carbocycles. The normalized spacial score (nSPS) is 16.9. The zero-order valence-electron chi connectivity index (χ0n) is 21.4. The van der Waals surface area contributed by atoms with Gasteiger partial charge in [-0.2, -0.15) is 0 Å². The molecule has 4 rings (SSSR count). The summed E-state index contributed by atoms with van der Waals surface area (Å²) in [4.78, 5) is 32.3. The molecule has 37 heavy (non-hydrogen) atoms. The summed E-state index contributed by atoms with van der Waals surface area (Å²) in [5.41, 5.74) is 1.88. The number of aliphatic hydroxyl groups is 1.